The Morgan fingerprint density at radius 1 is 1.18 bits per heavy atom. The van der Waals surface area contributed by atoms with Crippen molar-refractivity contribution in [2.45, 2.75) is 32.7 Å². The van der Waals surface area contributed by atoms with Crippen LogP contribution >= 0.6 is 11.6 Å². The van der Waals surface area contributed by atoms with E-state index in [-0.39, 0.29) is 17.5 Å². The predicted octanol–water partition coefficient (Wildman–Crippen LogP) is 4.59. The molecule has 6 heteroatoms. The third-order valence-corrected chi connectivity index (χ3v) is 5.22. The van der Waals surface area contributed by atoms with Crippen molar-refractivity contribution in [3.63, 3.8) is 0 Å². The Labute approximate surface area is 169 Å². The molecule has 0 N–H and O–H groups in total. The smallest absolute Gasteiger partial charge is 0.261 e. The molecule has 0 radical (unpaired) electrons. The van der Waals surface area contributed by atoms with Crippen LogP contribution in [0.5, 0.6) is 0 Å². The van der Waals surface area contributed by atoms with Crippen LogP contribution in [0, 0.1) is 0 Å². The summed E-state index contributed by atoms with van der Waals surface area (Å²) in [5.41, 5.74) is 1.10. The summed E-state index contributed by atoms with van der Waals surface area (Å²) in [6.07, 6.45) is 1.83. The van der Waals surface area contributed by atoms with Crippen LogP contribution in [-0.2, 0) is 7.05 Å². The van der Waals surface area contributed by atoms with E-state index in [9.17, 15) is 9.59 Å². The lowest BCUT2D eigenvalue weighted by Gasteiger charge is -2.30. The zero-order chi connectivity index (χ0) is 20.3. The molecule has 3 aromatic rings. The Hall–Kier alpha value is -2.66. The van der Waals surface area contributed by atoms with E-state index in [1.165, 1.54) is 0 Å². The summed E-state index contributed by atoms with van der Waals surface area (Å²) in [5, 5.41) is 1.16. The predicted molar refractivity (Wildman–Crippen MR) is 113 cm³/mol. The Balaban J connectivity index is 2.04. The third kappa shape index (κ3) is 3.94. The molecule has 146 valence electrons. The first kappa shape index (κ1) is 20.1. The van der Waals surface area contributed by atoms with E-state index in [0.29, 0.717) is 33.9 Å². The fourth-order valence-electron chi connectivity index (χ4n) is 3.31. The molecule has 1 atom stereocenters. The van der Waals surface area contributed by atoms with Crippen molar-refractivity contribution in [3.8, 4) is 0 Å². The molecule has 0 aliphatic rings. The molecule has 0 saturated carbocycles. The maximum absolute atomic E-state index is 13.2. The molecule has 5 nitrogen and oxygen atoms in total. The van der Waals surface area contributed by atoms with Crippen molar-refractivity contribution in [2.24, 2.45) is 7.05 Å². The van der Waals surface area contributed by atoms with E-state index < -0.39 is 0 Å². The second kappa shape index (κ2) is 8.57. The minimum Gasteiger partial charge on any atom is -0.329 e. The lowest BCUT2D eigenvalue weighted by molar-refractivity contribution is 0.0677. The maximum atomic E-state index is 13.2. The molecular weight excluding hydrogens is 374 g/mol. The number of rotatable bonds is 6. The SMILES string of the molecule is CCCCN(C(=O)c1ccc(Cl)cc1)C(C)c1nc2ccccc2c(=O)n1C. The second-order valence-electron chi connectivity index (χ2n) is 6.89. The number of aromatic nitrogens is 2. The maximum Gasteiger partial charge on any atom is 0.261 e. The first-order chi connectivity index (χ1) is 13.4. The van der Waals surface area contributed by atoms with Crippen LogP contribution in [0.4, 0.5) is 0 Å². The lowest BCUT2D eigenvalue weighted by atomic mass is 10.1. The standard InChI is InChI=1S/C22H24ClN3O2/c1-4-5-14-26(21(27)16-10-12-17(23)13-11-16)15(2)20-24-19-9-7-6-8-18(19)22(28)25(20)3/h6-13,15H,4-5,14H2,1-3H3. The van der Waals surface area contributed by atoms with Gasteiger partial charge >= 0.3 is 0 Å². The molecule has 0 saturated heterocycles. The average Bonchev–Trinajstić information content (AvgIpc) is 2.71. The van der Waals surface area contributed by atoms with Crippen LogP contribution in [0.25, 0.3) is 10.9 Å². The van der Waals surface area contributed by atoms with Crippen LogP contribution in [0.15, 0.2) is 53.3 Å². The Morgan fingerprint density at radius 3 is 2.54 bits per heavy atom. The molecule has 1 aromatic heterocycles. The second-order valence-corrected chi connectivity index (χ2v) is 7.32. The van der Waals surface area contributed by atoms with Gasteiger partial charge in [0.05, 0.1) is 16.9 Å². The highest BCUT2D eigenvalue weighted by Crippen LogP contribution is 2.23. The van der Waals surface area contributed by atoms with E-state index in [0.717, 1.165) is 12.8 Å². The molecular formula is C22H24ClN3O2. The van der Waals surface area contributed by atoms with Gasteiger partial charge in [0, 0.05) is 24.2 Å². The van der Waals surface area contributed by atoms with Gasteiger partial charge in [0.15, 0.2) is 0 Å². The molecule has 0 aliphatic heterocycles. The van der Waals surface area contributed by atoms with Crippen molar-refractivity contribution in [3.05, 3.63) is 75.3 Å². The monoisotopic (exact) mass is 397 g/mol. The summed E-state index contributed by atoms with van der Waals surface area (Å²) in [5.74, 6) is 0.474. The molecule has 1 unspecified atom stereocenters. The van der Waals surface area contributed by atoms with Gasteiger partial charge in [0.1, 0.15) is 5.82 Å². The normalized spacial score (nSPS) is 12.1. The molecule has 1 amide bonds. The molecule has 0 bridgehead atoms. The zero-order valence-corrected chi connectivity index (χ0v) is 17.1. The van der Waals surface area contributed by atoms with Crippen molar-refractivity contribution < 1.29 is 4.79 Å². The van der Waals surface area contributed by atoms with Crippen molar-refractivity contribution in [1.82, 2.24) is 14.5 Å². The van der Waals surface area contributed by atoms with E-state index in [2.05, 4.69) is 6.92 Å². The van der Waals surface area contributed by atoms with Gasteiger partial charge in [-0.05, 0) is 49.7 Å². The number of benzene rings is 2. The Morgan fingerprint density at radius 2 is 1.86 bits per heavy atom. The van der Waals surface area contributed by atoms with Gasteiger partial charge < -0.3 is 4.90 Å². The number of nitrogens with zero attached hydrogens (tertiary/aromatic N) is 3. The first-order valence-electron chi connectivity index (χ1n) is 9.46. The fourth-order valence-corrected chi connectivity index (χ4v) is 3.43. The molecule has 2 aromatic carbocycles. The minimum atomic E-state index is -0.350. The summed E-state index contributed by atoms with van der Waals surface area (Å²) in [6, 6.07) is 13.8. The van der Waals surface area contributed by atoms with E-state index >= 15 is 0 Å². The summed E-state index contributed by atoms with van der Waals surface area (Å²) in [4.78, 5) is 32.5. The number of fused-ring (bicyclic) bond motifs is 1. The van der Waals surface area contributed by atoms with E-state index in [4.69, 9.17) is 16.6 Å². The van der Waals surface area contributed by atoms with Gasteiger partial charge in [-0.25, -0.2) is 4.98 Å². The number of halogens is 1. The number of unbranched alkanes of at least 4 members (excludes halogenated alkanes) is 1. The molecule has 0 spiro atoms. The molecule has 0 aliphatic carbocycles. The van der Waals surface area contributed by atoms with Crippen LogP contribution in [-0.4, -0.2) is 26.9 Å². The van der Waals surface area contributed by atoms with Crippen LogP contribution in [0.2, 0.25) is 5.02 Å². The fraction of sp³-hybridized carbons (Fsp3) is 0.318. The van der Waals surface area contributed by atoms with Gasteiger partial charge in [-0.3, -0.25) is 14.2 Å². The number of amides is 1. The summed E-state index contributed by atoms with van der Waals surface area (Å²) < 4.78 is 1.54. The number of hydrogen-bond acceptors (Lipinski definition) is 3. The Kier molecular flexibility index (Phi) is 6.15. The Bertz CT molecular complexity index is 1040. The lowest BCUT2D eigenvalue weighted by Crippen LogP contribution is -2.37. The van der Waals surface area contributed by atoms with Gasteiger partial charge in [-0.2, -0.15) is 0 Å². The largest absolute Gasteiger partial charge is 0.329 e. The highest BCUT2D eigenvalue weighted by Gasteiger charge is 2.26. The number of para-hydroxylation sites is 1. The first-order valence-corrected chi connectivity index (χ1v) is 9.84. The molecule has 1 heterocycles. The van der Waals surface area contributed by atoms with Gasteiger partial charge in [0.25, 0.3) is 11.5 Å². The summed E-state index contributed by atoms with van der Waals surface area (Å²) in [6.45, 7) is 4.58. The van der Waals surface area contributed by atoms with Gasteiger partial charge in [-0.1, -0.05) is 37.1 Å². The quantitative estimate of drug-likeness (QED) is 0.611. The van der Waals surface area contributed by atoms with Crippen molar-refractivity contribution in [2.75, 3.05) is 6.54 Å². The molecule has 28 heavy (non-hydrogen) atoms. The third-order valence-electron chi connectivity index (χ3n) is 4.96. The zero-order valence-electron chi connectivity index (χ0n) is 16.4. The molecule has 3 rings (SSSR count). The molecule has 0 fully saturated rings. The summed E-state index contributed by atoms with van der Waals surface area (Å²) >= 11 is 5.96. The van der Waals surface area contributed by atoms with E-state index in [1.807, 2.05) is 25.1 Å². The van der Waals surface area contributed by atoms with Crippen LogP contribution in [0.1, 0.15) is 48.9 Å². The summed E-state index contributed by atoms with van der Waals surface area (Å²) in [7, 11) is 1.71. The minimum absolute atomic E-state index is 0.0972. The highest BCUT2D eigenvalue weighted by molar-refractivity contribution is 6.30. The van der Waals surface area contributed by atoms with E-state index in [1.54, 1.807) is 46.8 Å². The van der Waals surface area contributed by atoms with Crippen molar-refractivity contribution >= 4 is 28.4 Å². The van der Waals surface area contributed by atoms with Crippen LogP contribution in [0.3, 0.4) is 0 Å². The van der Waals surface area contributed by atoms with Gasteiger partial charge in [0.2, 0.25) is 0 Å². The van der Waals surface area contributed by atoms with Crippen LogP contribution < -0.4 is 5.56 Å². The van der Waals surface area contributed by atoms with Crippen molar-refractivity contribution in [1.29, 1.82) is 0 Å². The number of carbonyl (C=O) groups is 1. The average molecular weight is 398 g/mol. The number of hydrogen-bond donors (Lipinski definition) is 0. The topological polar surface area (TPSA) is 55.2 Å². The highest BCUT2D eigenvalue weighted by atomic mass is 35.5. The van der Waals surface area contributed by atoms with Gasteiger partial charge in [-0.15, -0.1) is 0 Å². The number of carbonyl (C=O) groups excluding carboxylic acids is 1.